The number of piperazine rings is 2. The Labute approximate surface area is 266 Å². The van der Waals surface area contributed by atoms with Crippen molar-refractivity contribution in [2.24, 2.45) is 0 Å². The van der Waals surface area contributed by atoms with Crippen molar-refractivity contribution in [1.82, 2.24) is 24.5 Å². The van der Waals surface area contributed by atoms with Crippen molar-refractivity contribution in [3.63, 3.8) is 0 Å². The number of likely N-dealkylation sites (N-methyl/N-ethyl adjacent to an activating group) is 1. The lowest BCUT2D eigenvalue weighted by Crippen LogP contribution is -2.71. The van der Waals surface area contributed by atoms with Crippen molar-refractivity contribution in [3.05, 3.63) is 70.5 Å². The molecule has 2 aromatic rings. The fourth-order valence-corrected chi connectivity index (χ4v) is 6.13. The maximum absolute atomic E-state index is 13.8. The van der Waals surface area contributed by atoms with Crippen molar-refractivity contribution >= 4 is 17.9 Å². The molecule has 3 heterocycles. The number of alkyl halides is 6. The summed E-state index contributed by atoms with van der Waals surface area (Å²) in [6, 6.07) is 5.50. The van der Waals surface area contributed by atoms with Gasteiger partial charge in [-0.15, -0.1) is 0 Å². The molecule has 0 spiro atoms. The van der Waals surface area contributed by atoms with E-state index in [9.17, 15) is 45.1 Å². The van der Waals surface area contributed by atoms with Crippen molar-refractivity contribution in [2.75, 3.05) is 52.9 Å². The summed E-state index contributed by atoms with van der Waals surface area (Å²) in [5.41, 5.74) is -3.00. The third-order valence-electron chi connectivity index (χ3n) is 8.70. The minimum atomic E-state index is -5.07. The Morgan fingerprint density at radius 3 is 2.09 bits per heavy atom. The summed E-state index contributed by atoms with van der Waals surface area (Å²) in [4.78, 5) is 48.8. The number of ether oxygens (including phenoxy) is 1. The van der Waals surface area contributed by atoms with Crippen LogP contribution < -0.4 is 0 Å². The number of halogens is 7. The molecule has 47 heavy (non-hydrogen) atoms. The zero-order valence-electron chi connectivity index (χ0n) is 25.5. The summed E-state index contributed by atoms with van der Waals surface area (Å²) >= 11 is 0. The monoisotopic (exact) mass is 673 g/mol. The van der Waals surface area contributed by atoms with Crippen LogP contribution in [0, 0.1) is 5.82 Å². The van der Waals surface area contributed by atoms with Gasteiger partial charge in [-0.3, -0.25) is 14.5 Å². The highest BCUT2D eigenvalue weighted by Crippen LogP contribution is 2.37. The van der Waals surface area contributed by atoms with E-state index < -0.39 is 59.8 Å². The molecule has 0 aliphatic carbocycles. The maximum Gasteiger partial charge on any atom is 0.416 e. The molecule has 9 nitrogen and oxygen atoms in total. The molecule has 5 rings (SSSR count). The normalized spacial score (nSPS) is 21.7. The van der Waals surface area contributed by atoms with Gasteiger partial charge in [-0.25, -0.2) is 9.18 Å². The lowest BCUT2D eigenvalue weighted by molar-refractivity contribution is -0.169. The molecule has 2 aromatic carbocycles. The third kappa shape index (κ3) is 8.15. The van der Waals surface area contributed by atoms with Crippen LogP contribution in [-0.4, -0.2) is 107 Å². The molecule has 16 heteroatoms. The van der Waals surface area contributed by atoms with Crippen LogP contribution in [0.5, 0.6) is 0 Å². The Hall–Kier alpha value is -3.92. The molecule has 0 aromatic heterocycles. The summed E-state index contributed by atoms with van der Waals surface area (Å²) in [5, 5.41) is 0. The van der Waals surface area contributed by atoms with Gasteiger partial charge in [0.05, 0.1) is 17.7 Å². The second kappa shape index (κ2) is 13.7. The van der Waals surface area contributed by atoms with Crippen molar-refractivity contribution in [2.45, 2.75) is 50.6 Å². The fourth-order valence-electron chi connectivity index (χ4n) is 6.13. The highest BCUT2D eigenvalue weighted by atomic mass is 19.4. The van der Waals surface area contributed by atoms with Gasteiger partial charge in [0.15, 0.2) is 0 Å². The largest absolute Gasteiger partial charge is 0.444 e. The Kier molecular flexibility index (Phi) is 10.0. The fraction of sp³-hybridized carbons (Fsp3) is 0.516. The molecule has 3 saturated heterocycles. The zero-order valence-corrected chi connectivity index (χ0v) is 25.5. The average molecular weight is 674 g/mol. The Morgan fingerprint density at radius 2 is 1.49 bits per heavy atom. The minimum absolute atomic E-state index is 0.0174. The quantitative estimate of drug-likeness (QED) is 0.406. The van der Waals surface area contributed by atoms with E-state index in [1.165, 1.54) is 39.0 Å². The molecule has 3 aliphatic rings. The molecule has 3 aliphatic heterocycles. The van der Waals surface area contributed by atoms with Crippen LogP contribution in [0.4, 0.5) is 35.5 Å². The number of benzene rings is 2. The number of carbonyl (C=O) groups is 3. The van der Waals surface area contributed by atoms with E-state index in [1.54, 1.807) is 0 Å². The van der Waals surface area contributed by atoms with Gasteiger partial charge in [-0.2, -0.15) is 26.3 Å². The highest BCUT2D eigenvalue weighted by molar-refractivity contribution is 5.90. The van der Waals surface area contributed by atoms with Crippen LogP contribution in [0.15, 0.2) is 42.5 Å². The van der Waals surface area contributed by atoms with E-state index >= 15 is 0 Å². The second-order valence-corrected chi connectivity index (χ2v) is 12.0. The summed E-state index contributed by atoms with van der Waals surface area (Å²) in [6.45, 7) is 2.56. The van der Waals surface area contributed by atoms with Crippen LogP contribution in [0.2, 0.25) is 0 Å². The van der Waals surface area contributed by atoms with Gasteiger partial charge in [0.25, 0.3) is 0 Å². The number of carbonyl (C=O) groups excluding carboxylic acids is 3. The van der Waals surface area contributed by atoms with Gasteiger partial charge in [0.1, 0.15) is 24.6 Å². The molecular formula is C31H34F7N5O4. The van der Waals surface area contributed by atoms with Gasteiger partial charge < -0.3 is 24.3 Å². The van der Waals surface area contributed by atoms with Crippen LogP contribution in [0.25, 0.3) is 0 Å². The molecule has 0 unspecified atom stereocenters. The van der Waals surface area contributed by atoms with Crippen molar-refractivity contribution in [1.29, 1.82) is 0 Å². The van der Waals surface area contributed by atoms with E-state index in [4.69, 9.17) is 4.74 Å². The molecular weight excluding hydrogens is 639 g/mol. The number of rotatable bonds is 7. The van der Waals surface area contributed by atoms with E-state index in [-0.39, 0.29) is 50.4 Å². The predicted molar refractivity (Wildman–Crippen MR) is 153 cm³/mol. The molecule has 3 fully saturated rings. The van der Waals surface area contributed by atoms with Gasteiger partial charge in [0.2, 0.25) is 11.8 Å². The van der Waals surface area contributed by atoms with E-state index in [1.807, 2.05) is 7.05 Å². The van der Waals surface area contributed by atoms with Crippen LogP contribution in [0.1, 0.15) is 35.1 Å². The van der Waals surface area contributed by atoms with Crippen molar-refractivity contribution < 1.29 is 49.9 Å². The van der Waals surface area contributed by atoms with E-state index in [0.29, 0.717) is 24.2 Å². The number of fused-ring (bicyclic) bond motifs is 1. The summed E-state index contributed by atoms with van der Waals surface area (Å²) in [5.74, 6) is -1.19. The number of hydrogen-bond donors (Lipinski definition) is 0. The number of hydrogen-bond acceptors (Lipinski definition) is 6. The van der Waals surface area contributed by atoms with Gasteiger partial charge in [0, 0.05) is 52.2 Å². The minimum Gasteiger partial charge on any atom is -0.444 e. The smallest absolute Gasteiger partial charge is 0.416 e. The van der Waals surface area contributed by atoms with E-state index in [2.05, 4.69) is 9.80 Å². The first-order valence-corrected chi connectivity index (χ1v) is 15.1. The predicted octanol–water partition coefficient (Wildman–Crippen LogP) is 4.41. The molecule has 0 bridgehead atoms. The van der Waals surface area contributed by atoms with Crippen molar-refractivity contribution in [3.8, 4) is 0 Å². The number of nitrogens with zero attached hydrogens (tertiary/aromatic N) is 5. The molecule has 256 valence electrons. The first-order chi connectivity index (χ1) is 22.1. The lowest BCUT2D eigenvalue weighted by atomic mass is 10.0. The molecule has 0 N–H and O–H groups in total. The first kappa shape index (κ1) is 34.4. The summed E-state index contributed by atoms with van der Waals surface area (Å²) < 4.78 is 98.9. The second-order valence-electron chi connectivity index (χ2n) is 12.0. The van der Waals surface area contributed by atoms with Crippen LogP contribution >= 0.6 is 0 Å². The SMILES string of the molecule is CN1CCN(CC[C@H]2C(=O)N(Cc3ccc(F)cc3)C[C@@H]3N(C(=O)OCc4cc(C(F)(F)F)cc(C(F)(F)F)c4)CCC(=O)N32)CC1. The average Bonchev–Trinajstić information content (AvgIpc) is 3.01. The van der Waals surface area contributed by atoms with Crippen LogP contribution in [-0.2, 0) is 39.8 Å². The third-order valence-corrected chi connectivity index (χ3v) is 8.70. The lowest BCUT2D eigenvalue weighted by Gasteiger charge is -2.52. The molecule has 0 radical (unpaired) electrons. The molecule has 0 saturated carbocycles. The number of amides is 3. The molecule has 3 amide bonds. The Balaban J connectivity index is 1.37. The Morgan fingerprint density at radius 1 is 0.872 bits per heavy atom. The maximum atomic E-state index is 13.8. The van der Waals surface area contributed by atoms with Gasteiger partial charge in [-0.1, -0.05) is 12.1 Å². The first-order valence-electron chi connectivity index (χ1n) is 15.1. The van der Waals surface area contributed by atoms with Gasteiger partial charge >= 0.3 is 18.4 Å². The summed E-state index contributed by atoms with van der Waals surface area (Å²) in [6.07, 6.45) is -12.1. The molecule has 2 atom stereocenters. The standard InChI is InChI=1S/C31H34F7N5O4/c1-39-10-12-40(13-11-39)8-6-25-28(45)41(17-20-2-4-24(32)5-3-20)18-26-42(9-7-27(44)43(25)26)29(46)47-19-21-14-22(30(33,34)35)16-23(15-21)31(36,37)38/h2-5,14-16,25-26H,6-13,17-19H2,1H3/t25-,26+/m0/s1. The highest BCUT2D eigenvalue weighted by Gasteiger charge is 2.49. The van der Waals surface area contributed by atoms with E-state index in [0.717, 1.165) is 26.2 Å². The van der Waals surface area contributed by atoms with Crippen LogP contribution in [0.3, 0.4) is 0 Å². The summed E-state index contributed by atoms with van der Waals surface area (Å²) in [7, 11) is 2.00. The Bertz CT molecular complexity index is 1430. The van der Waals surface area contributed by atoms with Gasteiger partial charge in [-0.05, 0) is 54.9 Å². The topological polar surface area (TPSA) is 76.6 Å². The zero-order chi connectivity index (χ0) is 34.1.